The first-order valence-corrected chi connectivity index (χ1v) is 1.72. The minimum absolute atomic E-state index is 0. The standard InChI is InChI=1S/C5H5.CH3.V/c1-2-4-5-3-1;;/h1-3H,4H2;1H3;/q2*-1;+2. The van der Waals surface area contributed by atoms with Gasteiger partial charge < -0.3 is 7.43 Å². The van der Waals surface area contributed by atoms with Gasteiger partial charge in [0.05, 0.1) is 0 Å². The second kappa shape index (κ2) is 6.06. The average molecular weight is 131 g/mol. The van der Waals surface area contributed by atoms with Crippen LogP contribution in [0, 0.1) is 13.5 Å². The predicted molar refractivity (Wildman–Crippen MR) is 28.0 cm³/mol. The maximum Gasteiger partial charge on any atom is 2.00 e. The van der Waals surface area contributed by atoms with Crippen molar-refractivity contribution in [2.24, 2.45) is 0 Å². The van der Waals surface area contributed by atoms with Gasteiger partial charge in [0.2, 0.25) is 0 Å². The molecule has 1 rings (SSSR count). The molecular weight excluding hydrogens is 123 g/mol. The fourth-order valence-corrected chi connectivity index (χ4v) is 0.340. The number of hydrogen-bond donors (Lipinski definition) is 0. The summed E-state index contributed by atoms with van der Waals surface area (Å²) in [5.74, 6) is 0. The van der Waals surface area contributed by atoms with Crippen LogP contribution in [-0.4, -0.2) is 0 Å². The second-order valence-corrected chi connectivity index (χ2v) is 1.00. The van der Waals surface area contributed by atoms with Gasteiger partial charge in [0.15, 0.2) is 0 Å². The molecule has 0 amide bonds. The van der Waals surface area contributed by atoms with Crippen LogP contribution in [0.25, 0.3) is 0 Å². The molecule has 0 spiro atoms. The molecule has 0 unspecified atom stereocenters. The van der Waals surface area contributed by atoms with Crippen LogP contribution in [0.1, 0.15) is 6.42 Å². The molecule has 0 nitrogen and oxygen atoms in total. The van der Waals surface area contributed by atoms with E-state index < -0.39 is 0 Å². The Labute approximate surface area is 57.2 Å². The van der Waals surface area contributed by atoms with Crippen molar-refractivity contribution in [2.75, 3.05) is 0 Å². The van der Waals surface area contributed by atoms with Crippen molar-refractivity contribution in [3.8, 4) is 0 Å². The third-order valence-electron chi connectivity index (χ3n) is 0.586. The predicted octanol–water partition coefficient (Wildman–Crippen LogP) is 1.75. The average Bonchev–Trinajstić information content (AvgIpc) is 1.76. The monoisotopic (exact) mass is 131 g/mol. The normalized spacial score (nSPS) is 12.6. The molecule has 7 heavy (non-hydrogen) atoms. The Hall–Kier alpha value is 0.0644. The summed E-state index contributed by atoms with van der Waals surface area (Å²) in [6, 6.07) is 0. The van der Waals surface area contributed by atoms with E-state index in [2.05, 4.69) is 12.2 Å². The van der Waals surface area contributed by atoms with Crippen LogP contribution in [-0.2, 0) is 18.6 Å². The first kappa shape index (κ1) is 10.1. The van der Waals surface area contributed by atoms with E-state index in [4.69, 9.17) is 0 Å². The molecule has 0 aromatic rings. The van der Waals surface area contributed by atoms with Crippen molar-refractivity contribution in [2.45, 2.75) is 6.42 Å². The van der Waals surface area contributed by atoms with Gasteiger partial charge in [-0.25, -0.2) is 12.2 Å². The Morgan fingerprint density at radius 2 is 2.14 bits per heavy atom. The fraction of sp³-hybridized carbons (Fsp3) is 0.167. The van der Waals surface area contributed by atoms with Crippen LogP contribution in [0.3, 0.4) is 0 Å². The first-order valence-electron chi connectivity index (χ1n) is 1.72. The van der Waals surface area contributed by atoms with Gasteiger partial charge in [-0.2, -0.15) is 6.08 Å². The first-order chi connectivity index (χ1) is 2.50. The minimum atomic E-state index is 0. The van der Waals surface area contributed by atoms with Crippen LogP contribution < -0.4 is 0 Å². The molecule has 0 bridgehead atoms. The molecule has 0 aromatic heterocycles. The number of allylic oxidation sites excluding steroid dienone is 4. The van der Waals surface area contributed by atoms with Gasteiger partial charge >= 0.3 is 18.6 Å². The van der Waals surface area contributed by atoms with Crippen molar-refractivity contribution >= 4 is 0 Å². The minimum Gasteiger partial charge on any atom is -0.358 e. The topological polar surface area (TPSA) is 0 Å². The Morgan fingerprint density at radius 1 is 1.43 bits per heavy atom. The van der Waals surface area contributed by atoms with Crippen LogP contribution in [0.4, 0.5) is 0 Å². The number of hydrogen-bond acceptors (Lipinski definition) is 0. The maximum atomic E-state index is 2.99. The van der Waals surface area contributed by atoms with Gasteiger partial charge in [0.25, 0.3) is 0 Å². The van der Waals surface area contributed by atoms with E-state index in [0.29, 0.717) is 0 Å². The molecule has 0 aliphatic heterocycles. The molecule has 0 saturated carbocycles. The summed E-state index contributed by atoms with van der Waals surface area (Å²) in [4.78, 5) is 0. The van der Waals surface area contributed by atoms with Crippen molar-refractivity contribution in [1.29, 1.82) is 0 Å². The van der Waals surface area contributed by atoms with Gasteiger partial charge in [0, 0.05) is 0 Å². The molecule has 0 aromatic carbocycles. The van der Waals surface area contributed by atoms with Gasteiger partial charge in [-0.05, 0) is 0 Å². The van der Waals surface area contributed by atoms with Crippen molar-refractivity contribution < 1.29 is 18.6 Å². The molecule has 1 heteroatoms. The zero-order valence-electron chi connectivity index (χ0n) is 4.39. The Morgan fingerprint density at radius 3 is 2.29 bits per heavy atom. The zero-order valence-corrected chi connectivity index (χ0v) is 5.78. The number of rotatable bonds is 0. The van der Waals surface area contributed by atoms with Crippen LogP contribution in [0.2, 0.25) is 0 Å². The Bertz CT molecular complexity index is 62.2. The smallest absolute Gasteiger partial charge is 0.358 e. The molecule has 1 radical (unpaired) electrons. The van der Waals surface area contributed by atoms with Gasteiger partial charge in [-0.1, -0.05) is 0 Å². The quantitative estimate of drug-likeness (QED) is 0.439. The van der Waals surface area contributed by atoms with Gasteiger partial charge in [-0.15, -0.1) is 6.42 Å². The summed E-state index contributed by atoms with van der Waals surface area (Å²) in [6.07, 6.45) is 10.0. The molecule has 1 aliphatic rings. The van der Waals surface area contributed by atoms with Crippen LogP contribution >= 0.6 is 0 Å². The molecule has 37 valence electrons. The van der Waals surface area contributed by atoms with Gasteiger partial charge in [0.1, 0.15) is 0 Å². The molecule has 1 aliphatic carbocycles. The second-order valence-electron chi connectivity index (χ2n) is 1.00. The van der Waals surface area contributed by atoms with Gasteiger partial charge in [-0.3, -0.25) is 6.08 Å². The van der Waals surface area contributed by atoms with Crippen molar-refractivity contribution in [3.05, 3.63) is 31.7 Å². The van der Waals surface area contributed by atoms with E-state index in [1.807, 2.05) is 12.2 Å². The molecule has 0 heterocycles. The van der Waals surface area contributed by atoms with Crippen LogP contribution in [0.5, 0.6) is 0 Å². The molecular formula is C6H8V. The largest absolute Gasteiger partial charge is 2.00 e. The Balaban J connectivity index is 0. The Kier molecular flexibility index (Phi) is 8.78. The molecule has 0 saturated heterocycles. The van der Waals surface area contributed by atoms with E-state index in [0.717, 1.165) is 6.42 Å². The van der Waals surface area contributed by atoms with Crippen LogP contribution in [0.15, 0.2) is 18.2 Å². The SMILES string of the molecule is [C-]1=CC=CC1.[CH3-].[V+2]. The van der Waals surface area contributed by atoms with E-state index in [-0.39, 0.29) is 26.0 Å². The molecule has 0 fully saturated rings. The zero-order chi connectivity index (χ0) is 3.54. The summed E-state index contributed by atoms with van der Waals surface area (Å²) >= 11 is 0. The molecule has 0 atom stereocenters. The summed E-state index contributed by atoms with van der Waals surface area (Å²) in [7, 11) is 0. The van der Waals surface area contributed by atoms with E-state index in [1.165, 1.54) is 0 Å². The third-order valence-corrected chi connectivity index (χ3v) is 0.586. The van der Waals surface area contributed by atoms with Crippen molar-refractivity contribution in [1.82, 2.24) is 0 Å². The van der Waals surface area contributed by atoms with E-state index >= 15 is 0 Å². The van der Waals surface area contributed by atoms with E-state index in [9.17, 15) is 0 Å². The van der Waals surface area contributed by atoms with Crippen molar-refractivity contribution in [3.63, 3.8) is 0 Å². The fourth-order valence-electron chi connectivity index (χ4n) is 0.340. The summed E-state index contributed by atoms with van der Waals surface area (Å²) in [5, 5.41) is 0. The molecule has 0 N–H and O–H groups in total. The summed E-state index contributed by atoms with van der Waals surface area (Å²) in [6.45, 7) is 0. The summed E-state index contributed by atoms with van der Waals surface area (Å²) < 4.78 is 0. The van der Waals surface area contributed by atoms with E-state index in [1.54, 1.807) is 0 Å². The third kappa shape index (κ3) is 3.91. The summed E-state index contributed by atoms with van der Waals surface area (Å²) in [5.41, 5.74) is 0. The maximum absolute atomic E-state index is 2.99.